The molecule has 0 radical (unpaired) electrons. The number of hydrogen-bond acceptors (Lipinski definition) is 3. The molecule has 88 valence electrons. The summed E-state index contributed by atoms with van der Waals surface area (Å²) in [5, 5.41) is 8.40. The summed E-state index contributed by atoms with van der Waals surface area (Å²) in [6.45, 7) is 2.12. The Kier molecular flexibility index (Phi) is 7.91. The summed E-state index contributed by atoms with van der Waals surface area (Å²) >= 11 is 0. The first-order valence-electron chi connectivity index (χ1n) is 5.58. The standard InChI is InChI=1S/C11H21NO3/c1-2-3-4-5-6-9(12)10(13)7-8-11(14)15/h9H,2-8,12H2,1H3,(H,14,15). The topological polar surface area (TPSA) is 80.4 Å². The van der Waals surface area contributed by atoms with Gasteiger partial charge in [-0.15, -0.1) is 0 Å². The molecule has 0 aliphatic heterocycles. The second-order valence-corrected chi connectivity index (χ2v) is 3.82. The van der Waals surface area contributed by atoms with Gasteiger partial charge in [-0.1, -0.05) is 32.6 Å². The van der Waals surface area contributed by atoms with E-state index in [1.54, 1.807) is 0 Å². The lowest BCUT2D eigenvalue weighted by Crippen LogP contribution is -2.30. The molecule has 4 heteroatoms. The zero-order valence-corrected chi connectivity index (χ0v) is 9.37. The average Bonchev–Trinajstić information content (AvgIpc) is 2.20. The molecule has 4 nitrogen and oxygen atoms in total. The van der Waals surface area contributed by atoms with Crippen molar-refractivity contribution in [2.45, 2.75) is 57.9 Å². The Labute approximate surface area is 90.8 Å². The number of unbranched alkanes of at least 4 members (excludes halogenated alkanes) is 3. The molecule has 0 spiro atoms. The molecule has 1 unspecified atom stereocenters. The normalized spacial score (nSPS) is 12.4. The number of hydrogen-bond donors (Lipinski definition) is 2. The van der Waals surface area contributed by atoms with E-state index in [9.17, 15) is 9.59 Å². The Bertz CT molecular complexity index is 204. The van der Waals surface area contributed by atoms with E-state index >= 15 is 0 Å². The first kappa shape index (κ1) is 14.1. The second-order valence-electron chi connectivity index (χ2n) is 3.82. The summed E-state index contributed by atoms with van der Waals surface area (Å²) < 4.78 is 0. The fourth-order valence-corrected chi connectivity index (χ4v) is 1.37. The van der Waals surface area contributed by atoms with Gasteiger partial charge in [0.1, 0.15) is 5.78 Å². The van der Waals surface area contributed by atoms with Gasteiger partial charge in [-0.2, -0.15) is 0 Å². The van der Waals surface area contributed by atoms with E-state index < -0.39 is 12.0 Å². The number of carboxylic acid groups (broad SMARTS) is 1. The third-order valence-corrected chi connectivity index (χ3v) is 2.37. The Hall–Kier alpha value is -0.900. The number of rotatable bonds is 9. The summed E-state index contributed by atoms with van der Waals surface area (Å²) in [5.41, 5.74) is 5.64. The number of Topliss-reactive ketones (excluding diaryl/α,β-unsaturated/α-hetero) is 1. The minimum absolute atomic E-state index is 0.0598. The molecule has 0 bridgehead atoms. The van der Waals surface area contributed by atoms with Gasteiger partial charge in [0.25, 0.3) is 0 Å². The van der Waals surface area contributed by atoms with Crippen LogP contribution in [0.1, 0.15) is 51.9 Å². The van der Waals surface area contributed by atoms with Crippen LogP contribution in [0.25, 0.3) is 0 Å². The fourth-order valence-electron chi connectivity index (χ4n) is 1.37. The van der Waals surface area contributed by atoms with Crippen molar-refractivity contribution in [3.05, 3.63) is 0 Å². The first-order valence-corrected chi connectivity index (χ1v) is 5.58. The summed E-state index contributed by atoms with van der Waals surface area (Å²) in [4.78, 5) is 21.6. The minimum atomic E-state index is -0.943. The molecule has 0 aromatic carbocycles. The predicted molar refractivity (Wildman–Crippen MR) is 58.6 cm³/mol. The van der Waals surface area contributed by atoms with E-state index in [2.05, 4.69) is 6.92 Å². The van der Waals surface area contributed by atoms with Crippen LogP contribution in [0, 0.1) is 0 Å². The number of nitrogens with two attached hydrogens (primary N) is 1. The van der Waals surface area contributed by atoms with Crippen molar-refractivity contribution in [3.63, 3.8) is 0 Å². The number of carbonyl (C=O) groups is 2. The number of carbonyl (C=O) groups excluding carboxylic acids is 1. The highest BCUT2D eigenvalue weighted by Gasteiger charge is 2.13. The van der Waals surface area contributed by atoms with Crippen LogP contribution in [0.3, 0.4) is 0 Å². The van der Waals surface area contributed by atoms with Gasteiger partial charge in [0.05, 0.1) is 12.5 Å². The van der Waals surface area contributed by atoms with Gasteiger partial charge in [-0.25, -0.2) is 0 Å². The lowest BCUT2D eigenvalue weighted by Gasteiger charge is -2.09. The molecular formula is C11H21NO3. The van der Waals surface area contributed by atoms with Gasteiger partial charge in [-0.3, -0.25) is 9.59 Å². The average molecular weight is 215 g/mol. The fraction of sp³-hybridized carbons (Fsp3) is 0.818. The van der Waals surface area contributed by atoms with Gasteiger partial charge in [0, 0.05) is 6.42 Å². The third-order valence-electron chi connectivity index (χ3n) is 2.37. The molecule has 1 atom stereocenters. The van der Waals surface area contributed by atoms with E-state index in [0.29, 0.717) is 6.42 Å². The van der Waals surface area contributed by atoms with Crippen LogP contribution in [0.4, 0.5) is 0 Å². The van der Waals surface area contributed by atoms with E-state index in [4.69, 9.17) is 10.8 Å². The largest absolute Gasteiger partial charge is 0.481 e. The number of carboxylic acids is 1. The maximum absolute atomic E-state index is 11.3. The molecule has 0 saturated heterocycles. The molecule has 0 aliphatic rings. The molecule has 0 aromatic rings. The molecule has 0 heterocycles. The van der Waals surface area contributed by atoms with Crippen molar-refractivity contribution in [2.24, 2.45) is 5.73 Å². The van der Waals surface area contributed by atoms with E-state index in [1.165, 1.54) is 0 Å². The van der Waals surface area contributed by atoms with Crippen LogP contribution in [-0.4, -0.2) is 22.9 Å². The molecule has 0 fully saturated rings. The summed E-state index contributed by atoms with van der Waals surface area (Å²) in [6, 6.07) is -0.471. The lowest BCUT2D eigenvalue weighted by atomic mass is 10.0. The highest BCUT2D eigenvalue weighted by molar-refractivity contribution is 5.86. The van der Waals surface area contributed by atoms with Crippen molar-refractivity contribution in [2.75, 3.05) is 0 Å². The van der Waals surface area contributed by atoms with Gasteiger partial charge in [0.15, 0.2) is 0 Å². The number of ketones is 1. The quantitative estimate of drug-likeness (QED) is 0.574. The van der Waals surface area contributed by atoms with E-state index in [1.807, 2.05) is 0 Å². The zero-order valence-electron chi connectivity index (χ0n) is 9.37. The Morgan fingerprint density at radius 1 is 1.20 bits per heavy atom. The Balaban J connectivity index is 3.55. The molecule has 0 aromatic heterocycles. The summed E-state index contributed by atoms with van der Waals surface area (Å²) in [6.07, 6.45) is 4.99. The maximum atomic E-state index is 11.3. The summed E-state index contributed by atoms with van der Waals surface area (Å²) in [5.74, 6) is -1.07. The zero-order chi connectivity index (χ0) is 11.7. The molecule has 0 amide bonds. The highest BCUT2D eigenvalue weighted by atomic mass is 16.4. The van der Waals surface area contributed by atoms with Crippen molar-refractivity contribution >= 4 is 11.8 Å². The Morgan fingerprint density at radius 2 is 1.87 bits per heavy atom. The van der Waals surface area contributed by atoms with Gasteiger partial charge >= 0.3 is 5.97 Å². The Morgan fingerprint density at radius 3 is 2.40 bits per heavy atom. The molecule has 3 N–H and O–H groups in total. The van der Waals surface area contributed by atoms with E-state index in [0.717, 1.165) is 25.7 Å². The lowest BCUT2D eigenvalue weighted by molar-refractivity contribution is -0.138. The monoisotopic (exact) mass is 215 g/mol. The first-order chi connectivity index (χ1) is 7.07. The molecule has 0 saturated carbocycles. The smallest absolute Gasteiger partial charge is 0.303 e. The molecule has 0 rings (SSSR count). The van der Waals surface area contributed by atoms with Crippen LogP contribution < -0.4 is 5.73 Å². The maximum Gasteiger partial charge on any atom is 0.303 e. The molecular weight excluding hydrogens is 194 g/mol. The minimum Gasteiger partial charge on any atom is -0.481 e. The third kappa shape index (κ3) is 8.12. The van der Waals surface area contributed by atoms with Crippen molar-refractivity contribution in [1.29, 1.82) is 0 Å². The SMILES string of the molecule is CCCCCCC(N)C(=O)CCC(=O)O. The van der Waals surface area contributed by atoms with Crippen LogP contribution in [0.15, 0.2) is 0 Å². The van der Waals surface area contributed by atoms with Crippen molar-refractivity contribution in [3.8, 4) is 0 Å². The molecule has 0 aliphatic carbocycles. The predicted octanol–water partition coefficient (Wildman–Crippen LogP) is 1.72. The van der Waals surface area contributed by atoms with Crippen molar-refractivity contribution in [1.82, 2.24) is 0 Å². The van der Waals surface area contributed by atoms with Crippen LogP contribution in [0.2, 0.25) is 0 Å². The van der Waals surface area contributed by atoms with Gasteiger partial charge < -0.3 is 10.8 Å². The number of aliphatic carboxylic acids is 1. The van der Waals surface area contributed by atoms with Crippen LogP contribution in [-0.2, 0) is 9.59 Å². The van der Waals surface area contributed by atoms with E-state index in [-0.39, 0.29) is 18.6 Å². The summed E-state index contributed by atoms with van der Waals surface area (Å²) in [7, 11) is 0. The van der Waals surface area contributed by atoms with Gasteiger partial charge in [-0.05, 0) is 6.42 Å². The second kappa shape index (κ2) is 8.41. The highest BCUT2D eigenvalue weighted by Crippen LogP contribution is 2.06. The van der Waals surface area contributed by atoms with Gasteiger partial charge in [0.2, 0.25) is 0 Å². The van der Waals surface area contributed by atoms with Crippen LogP contribution >= 0.6 is 0 Å². The van der Waals surface area contributed by atoms with Crippen LogP contribution in [0.5, 0.6) is 0 Å². The molecule has 15 heavy (non-hydrogen) atoms. The van der Waals surface area contributed by atoms with Crippen molar-refractivity contribution < 1.29 is 14.7 Å².